The van der Waals surface area contributed by atoms with Crippen molar-refractivity contribution in [3.63, 3.8) is 0 Å². The zero-order valence-corrected chi connectivity index (χ0v) is 12.2. The largest absolute Gasteiger partial charge is 0.389 e. The molecule has 0 bridgehead atoms. The van der Waals surface area contributed by atoms with Crippen LogP contribution in [0.4, 0.5) is 13.2 Å². The Balaban J connectivity index is 2.22. The molecule has 4 nitrogen and oxygen atoms in total. The van der Waals surface area contributed by atoms with Crippen molar-refractivity contribution in [1.82, 2.24) is 10.2 Å². The number of carbonyl (C=O) groups is 2. The quantitative estimate of drug-likeness (QED) is 0.924. The molecule has 2 rings (SSSR count). The van der Waals surface area contributed by atoms with Gasteiger partial charge < -0.3 is 10.2 Å². The van der Waals surface area contributed by atoms with E-state index in [-0.39, 0.29) is 18.1 Å². The van der Waals surface area contributed by atoms with Crippen LogP contribution in [0.25, 0.3) is 0 Å². The second-order valence-corrected chi connectivity index (χ2v) is 5.32. The summed E-state index contributed by atoms with van der Waals surface area (Å²) in [6.45, 7) is 0.357. The lowest BCUT2D eigenvalue weighted by atomic mass is 10.0. The van der Waals surface area contributed by atoms with Gasteiger partial charge in [-0.2, -0.15) is 13.2 Å². The van der Waals surface area contributed by atoms with Gasteiger partial charge in [-0.1, -0.05) is 29.8 Å². The van der Waals surface area contributed by atoms with Crippen molar-refractivity contribution in [2.75, 3.05) is 13.1 Å². The number of carbonyl (C=O) groups excluding carboxylic acids is 2. The van der Waals surface area contributed by atoms with Crippen LogP contribution >= 0.6 is 11.6 Å². The minimum Gasteiger partial charge on any atom is -0.352 e. The molecule has 1 fully saturated rings. The zero-order chi connectivity index (χ0) is 16.3. The first-order valence-electron chi connectivity index (χ1n) is 6.68. The predicted octanol–water partition coefficient (Wildman–Crippen LogP) is 2.68. The average Bonchev–Trinajstić information content (AvgIpc) is 2.45. The van der Waals surface area contributed by atoms with Crippen LogP contribution < -0.4 is 5.32 Å². The third kappa shape index (κ3) is 3.91. The van der Waals surface area contributed by atoms with Gasteiger partial charge in [0.1, 0.15) is 6.04 Å². The molecular formula is C14H14ClF3N2O2. The van der Waals surface area contributed by atoms with Crippen molar-refractivity contribution >= 4 is 23.4 Å². The number of benzene rings is 1. The van der Waals surface area contributed by atoms with E-state index in [2.05, 4.69) is 5.32 Å². The van der Waals surface area contributed by atoms with Crippen LogP contribution in [-0.2, 0) is 9.59 Å². The predicted molar refractivity (Wildman–Crippen MR) is 74.2 cm³/mol. The molecule has 0 radical (unpaired) electrons. The first kappa shape index (κ1) is 16.6. The van der Waals surface area contributed by atoms with Crippen molar-refractivity contribution in [2.45, 2.75) is 25.1 Å². The van der Waals surface area contributed by atoms with Gasteiger partial charge in [0.25, 0.3) is 0 Å². The van der Waals surface area contributed by atoms with E-state index >= 15 is 0 Å². The third-order valence-corrected chi connectivity index (χ3v) is 3.70. The number of rotatable bonds is 3. The third-order valence-electron chi connectivity index (χ3n) is 3.35. The molecule has 22 heavy (non-hydrogen) atoms. The monoisotopic (exact) mass is 334 g/mol. The first-order valence-corrected chi connectivity index (χ1v) is 7.06. The molecule has 1 heterocycles. The SMILES string of the molecule is O=C1NCCN(C(=O)CCC(F)(F)F)C1c1ccccc1Cl. The minimum absolute atomic E-state index is 0.151. The Hall–Kier alpha value is -1.76. The van der Waals surface area contributed by atoms with Crippen LogP contribution in [0.5, 0.6) is 0 Å². The summed E-state index contributed by atoms with van der Waals surface area (Å²) in [7, 11) is 0. The van der Waals surface area contributed by atoms with Gasteiger partial charge in [-0.25, -0.2) is 0 Å². The smallest absolute Gasteiger partial charge is 0.352 e. The highest BCUT2D eigenvalue weighted by molar-refractivity contribution is 6.31. The highest BCUT2D eigenvalue weighted by atomic mass is 35.5. The second kappa shape index (κ2) is 6.56. The average molecular weight is 335 g/mol. The van der Waals surface area contributed by atoms with Gasteiger partial charge in [-0.05, 0) is 6.07 Å². The molecule has 1 aromatic rings. The molecular weight excluding hydrogens is 321 g/mol. The van der Waals surface area contributed by atoms with Crippen molar-refractivity contribution in [3.8, 4) is 0 Å². The van der Waals surface area contributed by atoms with E-state index in [1.165, 1.54) is 0 Å². The number of piperazine rings is 1. The summed E-state index contributed by atoms with van der Waals surface area (Å²) in [5.41, 5.74) is 0.404. The number of alkyl halides is 3. The molecule has 1 saturated heterocycles. The maximum Gasteiger partial charge on any atom is 0.389 e. The van der Waals surface area contributed by atoms with Crippen LogP contribution in [0.15, 0.2) is 24.3 Å². The van der Waals surface area contributed by atoms with Crippen LogP contribution in [0, 0.1) is 0 Å². The first-order chi connectivity index (χ1) is 10.3. The molecule has 0 saturated carbocycles. The number of nitrogens with one attached hydrogen (secondary N) is 1. The maximum atomic E-state index is 12.3. The Kier molecular flexibility index (Phi) is 4.95. The van der Waals surface area contributed by atoms with Crippen LogP contribution in [0.2, 0.25) is 5.02 Å². The van der Waals surface area contributed by atoms with Gasteiger partial charge in [-0.15, -0.1) is 0 Å². The summed E-state index contributed by atoms with van der Waals surface area (Å²) >= 11 is 6.04. The van der Waals surface area contributed by atoms with E-state index in [4.69, 9.17) is 11.6 Å². The number of hydrogen-bond acceptors (Lipinski definition) is 2. The van der Waals surface area contributed by atoms with E-state index in [0.29, 0.717) is 5.56 Å². The molecule has 1 aromatic carbocycles. The molecule has 1 atom stereocenters. The molecule has 0 aliphatic carbocycles. The summed E-state index contributed by atoms with van der Waals surface area (Å²) in [5, 5.41) is 2.89. The number of nitrogens with zero attached hydrogens (tertiary/aromatic N) is 1. The normalized spacial score (nSPS) is 19.0. The summed E-state index contributed by atoms with van der Waals surface area (Å²) in [5.74, 6) is -1.16. The van der Waals surface area contributed by atoms with Gasteiger partial charge in [0, 0.05) is 30.1 Å². The molecule has 1 N–H and O–H groups in total. The summed E-state index contributed by atoms with van der Waals surface area (Å²) in [4.78, 5) is 25.3. The van der Waals surface area contributed by atoms with Gasteiger partial charge in [0.15, 0.2) is 0 Å². The molecule has 1 aliphatic rings. The zero-order valence-electron chi connectivity index (χ0n) is 11.5. The van der Waals surface area contributed by atoms with Gasteiger partial charge >= 0.3 is 6.18 Å². The molecule has 8 heteroatoms. The second-order valence-electron chi connectivity index (χ2n) is 4.92. The van der Waals surface area contributed by atoms with Crippen LogP contribution in [0.1, 0.15) is 24.4 Å². The fourth-order valence-corrected chi connectivity index (χ4v) is 2.57. The fraction of sp³-hybridized carbons (Fsp3) is 0.429. The minimum atomic E-state index is -4.41. The molecule has 120 valence electrons. The van der Waals surface area contributed by atoms with E-state index < -0.39 is 36.9 Å². The molecule has 2 amide bonds. The van der Waals surface area contributed by atoms with Crippen LogP contribution in [0.3, 0.4) is 0 Å². The maximum absolute atomic E-state index is 12.3. The Morgan fingerprint density at radius 3 is 2.68 bits per heavy atom. The lowest BCUT2D eigenvalue weighted by Crippen LogP contribution is -2.52. The van der Waals surface area contributed by atoms with Gasteiger partial charge in [-0.3, -0.25) is 9.59 Å². The molecule has 0 spiro atoms. The highest BCUT2D eigenvalue weighted by Gasteiger charge is 2.37. The fourth-order valence-electron chi connectivity index (χ4n) is 2.33. The summed E-state index contributed by atoms with van der Waals surface area (Å²) in [6, 6.07) is 5.48. The lowest BCUT2D eigenvalue weighted by molar-refractivity contribution is -0.153. The standard InChI is InChI=1S/C14H14ClF3N2O2/c15-10-4-2-1-3-9(10)12-13(22)19-7-8-20(12)11(21)5-6-14(16,17)18/h1-4,12H,5-8H2,(H,19,22). The van der Waals surface area contributed by atoms with E-state index in [1.807, 2.05) is 0 Å². The Bertz CT molecular complexity index is 577. The molecule has 0 aromatic heterocycles. The molecule has 1 unspecified atom stereocenters. The van der Waals surface area contributed by atoms with Crippen molar-refractivity contribution in [3.05, 3.63) is 34.9 Å². The van der Waals surface area contributed by atoms with Crippen molar-refractivity contribution < 1.29 is 22.8 Å². The van der Waals surface area contributed by atoms with E-state index in [0.717, 1.165) is 4.90 Å². The Morgan fingerprint density at radius 1 is 1.36 bits per heavy atom. The number of amides is 2. The highest BCUT2D eigenvalue weighted by Crippen LogP contribution is 2.30. The summed E-state index contributed by atoms with van der Waals surface area (Å²) in [6.07, 6.45) is -6.30. The molecule has 1 aliphatic heterocycles. The van der Waals surface area contributed by atoms with E-state index in [1.54, 1.807) is 24.3 Å². The lowest BCUT2D eigenvalue weighted by Gasteiger charge is -2.35. The van der Waals surface area contributed by atoms with E-state index in [9.17, 15) is 22.8 Å². The number of halogens is 4. The van der Waals surface area contributed by atoms with Gasteiger partial charge in [0.2, 0.25) is 11.8 Å². The Labute approximate surface area is 130 Å². The van der Waals surface area contributed by atoms with Crippen LogP contribution in [-0.4, -0.2) is 36.0 Å². The topological polar surface area (TPSA) is 49.4 Å². The van der Waals surface area contributed by atoms with Gasteiger partial charge in [0.05, 0.1) is 6.42 Å². The van der Waals surface area contributed by atoms with Crippen molar-refractivity contribution in [2.24, 2.45) is 0 Å². The number of hydrogen-bond donors (Lipinski definition) is 1. The van der Waals surface area contributed by atoms with Crippen molar-refractivity contribution in [1.29, 1.82) is 0 Å². The summed E-state index contributed by atoms with van der Waals surface area (Å²) < 4.78 is 36.8. The Morgan fingerprint density at radius 2 is 2.05 bits per heavy atom.